The lowest BCUT2D eigenvalue weighted by atomic mass is 9.94. The zero-order valence-corrected chi connectivity index (χ0v) is 18.6. The summed E-state index contributed by atoms with van der Waals surface area (Å²) in [6, 6.07) is 9.65. The molecule has 172 valence electrons. The summed E-state index contributed by atoms with van der Waals surface area (Å²) >= 11 is 0. The van der Waals surface area contributed by atoms with Gasteiger partial charge in [-0.2, -0.15) is 0 Å². The van der Waals surface area contributed by atoms with E-state index in [1.807, 2.05) is 31.2 Å². The van der Waals surface area contributed by atoms with E-state index in [1.54, 1.807) is 25.6 Å². The van der Waals surface area contributed by atoms with Crippen LogP contribution >= 0.6 is 0 Å². The Bertz CT molecular complexity index is 1100. The van der Waals surface area contributed by atoms with E-state index in [0.717, 1.165) is 41.0 Å². The van der Waals surface area contributed by atoms with Gasteiger partial charge in [0.05, 0.1) is 18.5 Å². The van der Waals surface area contributed by atoms with E-state index in [2.05, 4.69) is 9.97 Å². The van der Waals surface area contributed by atoms with Crippen molar-refractivity contribution >= 4 is 6.09 Å². The quantitative estimate of drug-likeness (QED) is 0.578. The molecular formula is C24H26N4O5. The molecular weight excluding hydrogens is 424 g/mol. The second-order valence-electron chi connectivity index (χ2n) is 7.74. The monoisotopic (exact) mass is 450 g/mol. The van der Waals surface area contributed by atoms with E-state index in [-0.39, 0.29) is 11.9 Å². The van der Waals surface area contributed by atoms with Gasteiger partial charge in [0, 0.05) is 37.1 Å². The van der Waals surface area contributed by atoms with Crippen molar-refractivity contribution in [2.75, 3.05) is 20.3 Å². The summed E-state index contributed by atoms with van der Waals surface area (Å²) in [5.41, 5.74) is 9.21. The Morgan fingerprint density at radius 1 is 1.15 bits per heavy atom. The minimum absolute atomic E-state index is 0.112. The molecule has 3 aromatic rings. The first-order chi connectivity index (χ1) is 16.0. The van der Waals surface area contributed by atoms with Gasteiger partial charge in [-0.25, -0.2) is 19.7 Å². The molecule has 9 nitrogen and oxygen atoms in total. The SMILES string of the molecule is COc1ccc(COc2ncc(-c3nc(C4CCOCC4)c(OC(N)=O)cc3C)cn2)cc1. The lowest BCUT2D eigenvalue weighted by Crippen LogP contribution is -2.21. The largest absolute Gasteiger partial charge is 0.497 e. The number of carbonyl (C=O) groups excluding carboxylic acids is 1. The highest BCUT2D eigenvalue weighted by Gasteiger charge is 2.24. The molecule has 0 aliphatic carbocycles. The third-order valence-electron chi connectivity index (χ3n) is 5.45. The summed E-state index contributed by atoms with van der Waals surface area (Å²) in [7, 11) is 1.63. The van der Waals surface area contributed by atoms with Crippen molar-refractivity contribution in [2.45, 2.75) is 32.3 Å². The predicted molar refractivity (Wildman–Crippen MR) is 120 cm³/mol. The van der Waals surface area contributed by atoms with Crippen LogP contribution in [0.3, 0.4) is 0 Å². The van der Waals surface area contributed by atoms with Crippen molar-refractivity contribution in [3.63, 3.8) is 0 Å². The lowest BCUT2D eigenvalue weighted by Gasteiger charge is -2.24. The Balaban J connectivity index is 1.54. The number of ether oxygens (including phenoxy) is 4. The number of primary amides is 1. The molecule has 1 aromatic carbocycles. The molecule has 1 aliphatic rings. The Labute approximate surface area is 191 Å². The van der Waals surface area contributed by atoms with Gasteiger partial charge >= 0.3 is 12.1 Å². The van der Waals surface area contributed by atoms with Crippen molar-refractivity contribution in [1.82, 2.24) is 15.0 Å². The number of hydrogen-bond donors (Lipinski definition) is 1. The van der Waals surface area contributed by atoms with Gasteiger partial charge in [0.25, 0.3) is 0 Å². The molecule has 1 aliphatic heterocycles. The van der Waals surface area contributed by atoms with Crippen LogP contribution in [0, 0.1) is 6.92 Å². The number of amides is 1. The second-order valence-corrected chi connectivity index (χ2v) is 7.74. The van der Waals surface area contributed by atoms with Gasteiger partial charge in [-0.15, -0.1) is 0 Å². The van der Waals surface area contributed by atoms with Gasteiger partial charge in [-0.3, -0.25) is 0 Å². The molecule has 0 spiro atoms. The van der Waals surface area contributed by atoms with Gasteiger partial charge in [0.15, 0.2) is 5.75 Å². The maximum Gasteiger partial charge on any atom is 0.410 e. The fourth-order valence-electron chi connectivity index (χ4n) is 3.73. The van der Waals surface area contributed by atoms with E-state index < -0.39 is 6.09 Å². The number of rotatable bonds is 7. The highest BCUT2D eigenvalue weighted by atomic mass is 16.5. The molecule has 9 heteroatoms. The molecule has 0 saturated carbocycles. The standard InChI is InChI=1S/C24H26N4O5/c1-15-11-20(33-23(25)29)22(17-7-9-31-10-8-17)28-21(15)18-12-26-24(27-13-18)32-14-16-3-5-19(30-2)6-4-16/h3-6,11-13,17H,7-10,14H2,1-2H3,(H2,25,29). The van der Waals surface area contributed by atoms with Crippen LogP contribution in [0.25, 0.3) is 11.3 Å². The van der Waals surface area contributed by atoms with Crippen LogP contribution in [0.15, 0.2) is 42.7 Å². The van der Waals surface area contributed by atoms with Crippen LogP contribution in [0.2, 0.25) is 0 Å². The summed E-state index contributed by atoms with van der Waals surface area (Å²) in [6.07, 6.45) is 4.07. The van der Waals surface area contributed by atoms with Crippen LogP contribution in [0.1, 0.15) is 35.6 Å². The molecule has 1 saturated heterocycles. The zero-order chi connectivity index (χ0) is 23.2. The predicted octanol–water partition coefficient (Wildman–Crippen LogP) is 3.79. The van der Waals surface area contributed by atoms with Crippen LogP contribution in [-0.4, -0.2) is 41.4 Å². The van der Waals surface area contributed by atoms with Crippen LogP contribution in [0.5, 0.6) is 17.5 Å². The summed E-state index contributed by atoms with van der Waals surface area (Å²) in [5.74, 6) is 1.28. The van der Waals surface area contributed by atoms with Crippen molar-refractivity contribution in [3.05, 3.63) is 59.5 Å². The van der Waals surface area contributed by atoms with Crippen LogP contribution in [-0.2, 0) is 11.3 Å². The van der Waals surface area contributed by atoms with E-state index in [4.69, 9.17) is 29.7 Å². The third kappa shape index (κ3) is 5.56. The van der Waals surface area contributed by atoms with Crippen molar-refractivity contribution in [1.29, 1.82) is 0 Å². The number of aromatic nitrogens is 3. The van der Waals surface area contributed by atoms with E-state index in [0.29, 0.717) is 31.3 Å². The summed E-state index contributed by atoms with van der Waals surface area (Å²) < 4.78 is 21.6. The first-order valence-electron chi connectivity index (χ1n) is 10.7. The van der Waals surface area contributed by atoms with Gasteiger partial charge in [-0.05, 0) is 49.1 Å². The average molecular weight is 450 g/mol. The smallest absolute Gasteiger partial charge is 0.410 e. The minimum Gasteiger partial charge on any atom is -0.497 e. The summed E-state index contributed by atoms with van der Waals surface area (Å²) in [4.78, 5) is 24.9. The lowest BCUT2D eigenvalue weighted by molar-refractivity contribution is 0.0840. The minimum atomic E-state index is -0.862. The van der Waals surface area contributed by atoms with Gasteiger partial charge in [0.2, 0.25) is 0 Å². The highest BCUT2D eigenvalue weighted by Crippen LogP contribution is 2.36. The maximum absolute atomic E-state index is 11.4. The number of methoxy groups -OCH3 is 1. The maximum atomic E-state index is 11.4. The number of pyridine rings is 1. The zero-order valence-electron chi connectivity index (χ0n) is 18.6. The Kier molecular flexibility index (Phi) is 6.99. The van der Waals surface area contributed by atoms with Gasteiger partial charge in [0.1, 0.15) is 12.4 Å². The summed E-state index contributed by atoms with van der Waals surface area (Å²) in [5, 5.41) is 0. The number of nitrogens with zero attached hydrogens (tertiary/aromatic N) is 3. The van der Waals surface area contributed by atoms with Crippen molar-refractivity contribution < 1.29 is 23.7 Å². The number of benzene rings is 1. The fraction of sp³-hybridized carbons (Fsp3) is 0.333. The normalized spacial score (nSPS) is 14.0. The van der Waals surface area contributed by atoms with E-state index in [9.17, 15) is 4.79 Å². The molecule has 3 heterocycles. The van der Waals surface area contributed by atoms with Crippen molar-refractivity contribution in [3.8, 4) is 28.8 Å². The second kappa shape index (κ2) is 10.3. The third-order valence-corrected chi connectivity index (χ3v) is 5.45. The fourth-order valence-corrected chi connectivity index (χ4v) is 3.73. The molecule has 0 atom stereocenters. The molecule has 0 bridgehead atoms. The highest BCUT2D eigenvalue weighted by molar-refractivity contribution is 5.70. The molecule has 1 fully saturated rings. The first kappa shape index (κ1) is 22.5. The molecule has 33 heavy (non-hydrogen) atoms. The topological polar surface area (TPSA) is 119 Å². The van der Waals surface area contributed by atoms with Gasteiger partial charge in [-0.1, -0.05) is 12.1 Å². The van der Waals surface area contributed by atoms with E-state index in [1.165, 1.54) is 0 Å². The average Bonchev–Trinajstić information content (AvgIpc) is 2.84. The summed E-state index contributed by atoms with van der Waals surface area (Å²) in [6.45, 7) is 3.50. The molecule has 0 unspecified atom stereocenters. The Morgan fingerprint density at radius 2 is 1.85 bits per heavy atom. The molecule has 0 radical (unpaired) electrons. The number of hydrogen-bond acceptors (Lipinski definition) is 8. The number of aryl methyl sites for hydroxylation is 1. The first-order valence-corrected chi connectivity index (χ1v) is 10.7. The van der Waals surface area contributed by atoms with Crippen LogP contribution in [0.4, 0.5) is 4.79 Å². The van der Waals surface area contributed by atoms with E-state index >= 15 is 0 Å². The molecule has 2 N–H and O–H groups in total. The van der Waals surface area contributed by atoms with Crippen molar-refractivity contribution in [2.24, 2.45) is 5.73 Å². The van der Waals surface area contributed by atoms with Gasteiger partial charge < -0.3 is 24.7 Å². The number of carbonyl (C=O) groups is 1. The Morgan fingerprint density at radius 3 is 2.48 bits per heavy atom. The Hall–Kier alpha value is -3.72. The van der Waals surface area contributed by atoms with Crippen LogP contribution < -0.4 is 19.9 Å². The molecule has 2 aromatic heterocycles. The number of nitrogens with two attached hydrogens (primary N) is 1. The molecule has 1 amide bonds. The molecule has 4 rings (SSSR count).